The van der Waals surface area contributed by atoms with Gasteiger partial charge in [0, 0.05) is 24.3 Å². The van der Waals surface area contributed by atoms with Crippen LogP contribution in [0.2, 0.25) is 0 Å². The molecule has 5 heteroatoms. The van der Waals surface area contributed by atoms with E-state index >= 15 is 0 Å². The lowest BCUT2D eigenvalue weighted by atomic mass is 10.1. The fraction of sp³-hybridized carbons (Fsp3) is 0.385. The number of amides is 1. The van der Waals surface area contributed by atoms with Gasteiger partial charge in [-0.1, -0.05) is 22.0 Å². The maximum Gasteiger partial charge on any atom is 0.223 e. The van der Waals surface area contributed by atoms with Crippen molar-refractivity contribution in [1.82, 2.24) is 14.9 Å². The van der Waals surface area contributed by atoms with E-state index in [4.69, 9.17) is 0 Å². The van der Waals surface area contributed by atoms with Crippen LogP contribution in [0.4, 0.5) is 0 Å². The molecule has 1 N–H and O–H groups in total. The molecule has 0 radical (unpaired) electrons. The first-order valence-corrected chi connectivity index (χ1v) is 6.98. The predicted octanol–water partition coefficient (Wildman–Crippen LogP) is 2.10. The summed E-state index contributed by atoms with van der Waals surface area (Å²) in [7, 11) is 0. The van der Waals surface area contributed by atoms with Crippen LogP contribution in [0.3, 0.4) is 0 Å². The zero-order valence-corrected chi connectivity index (χ0v) is 11.5. The molecule has 1 unspecified atom stereocenters. The standard InChI is InChI=1S/C13H14BrN3O/c14-10-6-13(18)17(7-10)4-3-9-1-2-11-12(5-9)16-8-15-11/h1-2,5,8,10H,3-4,6-7H2,(H,15,16). The summed E-state index contributed by atoms with van der Waals surface area (Å²) in [5, 5.41) is 0. The summed E-state index contributed by atoms with van der Waals surface area (Å²) < 4.78 is 0. The number of fused-ring (bicyclic) bond motifs is 1. The van der Waals surface area contributed by atoms with Crippen LogP contribution in [0.25, 0.3) is 11.0 Å². The van der Waals surface area contributed by atoms with Crippen LogP contribution in [-0.4, -0.2) is 38.7 Å². The monoisotopic (exact) mass is 307 g/mol. The molecule has 0 spiro atoms. The summed E-state index contributed by atoms with van der Waals surface area (Å²) in [5.41, 5.74) is 3.27. The van der Waals surface area contributed by atoms with Crippen molar-refractivity contribution >= 4 is 32.9 Å². The molecule has 1 aliphatic heterocycles. The van der Waals surface area contributed by atoms with Gasteiger partial charge in [0.05, 0.1) is 17.4 Å². The number of hydrogen-bond acceptors (Lipinski definition) is 2. The number of aromatic amines is 1. The Hall–Kier alpha value is -1.36. The molecule has 0 saturated carbocycles. The smallest absolute Gasteiger partial charge is 0.223 e. The molecule has 0 bridgehead atoms. The van der Waals surface area contributed by atoms with E-state index in [1.165, 1.54) is 5.56 Å². The van der Waals surface area contributed by atoms with Crippen LogP contribution in [0.5, 0.6) is 0 Å². The number of hydrogen-bond donors (Lipinski definition) is 1. The highest BCUT2D eigenvalue weighted by atomic mass is 79.9. The Bertz CT molecular complexity index is 580. The summed E-state index contributed by atoms with van der Waals surface area (Å²) in [4.78, 5) is 21.2. The number of imidazole rings is 1. The largest absolute Gasteiger partial charge is 0.345 e. The summed E-state index contributed by atoms with van der Waals surface area (Å²) in [6.45, 7) is 1.62. The van der Waals surface area contributed by atoms with Crippen LogP contribution in [0, 0.1) is 0 Å². The van der Waals surface area contributed by atoms with Crippen molar-refractivity contribution in [1.29, 1.82) is 0 Å². The summed E-state index contributed by atoms with van der Waals surface area (Å²) in [6.07, 6.45) is 3.22. The van der Waals surface area contributed by atoms with E-state index in [1.807, 2.05) is 11.0 Å². The Morgan fingerprint density at radius 1 is 1.50 bits per heavy atom. The first-order chi connectivity index (χ1) is 8.72. The maximum atomic E-state index is 11.7. The average Bonchev–Trinajstić information content (AvgIpc) is 2.92. The molecule has 1 aliphatic rings. The molecule has 1 fully saturated rings. The zero-order chi connectivity index (χ0) is 12.5. The number of aromatic nitrogens is 2. The average molecular weight is 308 g/mol. The van der Waals surface area contributed by atoms with Crippen molar-refractivity contribution < 1.29 is 4.79 Å². The predicted molar refractivity (Wildman–Crippen MR) is 73.7 cm³/mol. The third-order valence-electron chi connectivity index (χ3n) is 3.32. The van der Waals surface area contributed by atoms with Crippen LogP contribution in [0.1, 0.15) is 12.0 Å². The van der Waals surface area contributed by atoms with Gasteiger partial charge in [-0.2, -0.15) is 0 Å². The van der Waals surface area contributed by atoms with Crippen molar-refractivity contribution in [3.8, 4) is 0 Å². The van der Waals surface area contributed by atoms with Crippen molar-refractivity contribution in [2.45, 2.75) is 17.7 Å². The number of rotatable bonds is 3. The number of halogens is 1. The first kappa shape index (κ1) is 11.7. The van der Waals surface area contributed by atoms with E-state index in [0.717, 1.165) is 30.5 Å². The number of likely N-dealkylation sites (tertiary alicyclic amines) is 1. The van der Waals surface area contributed by atoms with Gasteiger partial charge in [0.25, 0.3) is 0 Å². The minimum atomic E-state index is 0.250. The molecule has 1 saturated heterocycles. The lowest BCUT2D eigenvalue weighted by molar-refractivity contribution is -0.127. The molecule has 18 heavy (non-hydrogen) atoms. The van der Waals surface area contributed by atoms with Crippen LogP contribution in [-0.2, 0) is 11.2 Å². The lowest BCUT2D eigenvalue weighted by Crippen LogP contribution is -2.27. The van der Waals surface area contributed by atoms with E-state index in [2.05, 4.69) is 38.0 Å². The van der Waals surface area contributed by atoms with Gasteiger partial charge in [0.2, 0.25) is 5.91 Å². The normalized spacial score (nSPS) is 19.9. The van der Waals surface area contributed by atoms with E-state index in [1.54, 1.807) is 6.33 Å². The molecule has 2 heterocycles. The topological polar surface area (TPSA) is 49.0 Å². The van der Waals surface area contributed by atoms with Crippen LogP contribution < -0.4 is 0 Å². The number of carbonyl (C=O) groups is 1. The van der Waals surface area contributed by atoms with E-state index in [9.17, 15) is 4.79 Å². The van der Waals surface area contributed by atoms with Gasteiger partial charge in [-0.3, -0.25) is 4.79 Å². The SMILES string of the molecule is O=C1CC(Br)CN1CCc1ccc2nc[nH]c2c1. The van der Waals surface area contributed by atoms with E-state index in [0.29, 0.717) is 11.2 Å². The Labute approximate surface area is 114 Å². The molecule has 1 amide bonds. The van der Waals surface area contributed by atoms with Gasteiger partial charge in [-0.25, -0.2) is 4.98 Å². The zero-order valence-electron chi connectivity index (χ0n) is 9.90. The Kier molecular flexibility index (Phi) is 3.07. The van der Waals surface area contributed by atoms with Gasteiger partial charge >= 0.3 is 0 Å². The molecule has 4 nitrogen and oxygen atoms in total. The van der Waals surface area contributed by atoms with Crippen molar-refractivity contribution in [3.05, 3.63) is 30.1 Å². The van der Waals surface area contributed by atoms with Crippen molar-refractivity contribution in [3.63, 3.8) is 0 Å². The lowest BCUT2D eigenvalue weighted by Gasteiger charge is -2.15. The molecular formula is C13H14BrN3O. The van der Waals surface area contributed by atoms with Gasteiger partial charge in [-0.15, -0.1) is 0 Å². The molecule has 0 aliphatic carbocycles. The van der Waals surface area contributed by atoms with Gasteiger partial charge in [0.15, 0.2) is 0 Å². The number of nitrogens with one attached hydrogen (secondary N) is 1. The molecule has 1 aromatic carbocycles. The second-order valence-electron chi connectivity index (χ2n) is 4.65. The minimum absolute atomic E-state index is 0.250. The first-order valence-electron chi connectivity index (χ1n) is 6.06. The summed E-state index contributed by atoms with van der Waals surface area (Å²) in [5.74, 6) is 0.250. The molecule has 1 aromatic heterocycles. The molecule has 94 valence electrons. The van der Waals surface area contributed by atoms with E-state index < -0.39 is 0 Å². The highest BCUT2D eigenvalue weighted by molar-refractivity contribution is 9.09. The second kappa shape index (κ2) is 4.72. The van der Waals surface area contributed by atoms with Crippen molar-refractivity contribution in [2.75, 3.05) is 13.1 Å². The summed E-state index contributed by atoms with van der Waals surface area (Å²) >= 11 is 3.50. The van der Waals surface area contributed by atoms with Crippen LogP contribution in [0.15, 0.2) is 24.5 Å². The third kappa shape index (κ3) is 2.27. The van der Waals surface area contributed by atoms with Gasteiger partial charge in [-0.05, 0) is 24.1 Å². The highest BCUT2D eigenvalue weighted by Crippen LogP contribution is 2.19. The quantitative estimate of drug-likeness (QED) is 0.883. The highest BCUT2D eigenvalue weighted by Gasteiger charge is 2.26. The van der Waals surface area contributed by atoms with E-state index in [-0.39, 0.29) is 5.91 Å². The number of nitrogens with zero attached hydrogens (tertiary/aromatic N) is 2. The van der Waals surface area contributed by atoms with Gasteiger partial charge in [0.1, 0.15) is 0 Å². The number of carbonyl (C=O) groups excluding carboxylic acids is 1. The Balaban J connectivity index is 1.67. The molecule has 3 rings (SSSR count). The second-order valence-corrected chi connectivity index (χ2v) is 5.94. The Morgan fingerprint density at radius 3 is 3.17 bits per heavy atom. The molecular weight excluding hydrogens is 294 g/mol. The van der Waals surface area contributed by atoms with Gasteiger partial charge < -0.3 is 9.88 Å². The molecule has 2 aromatic rings. The third-order valence-corrected chi connectivity index (χ3v) is 3.94. The number of alkyl halides is 1. The summed E-state index contributed by atoms with van der Waals surface area (Å²) in [6, 6.07) is 6.20. The number of H-pyrrole nitrogens is 1. The minimum Gasteiger partial charge on any atom is -0.345 e. The fourth-order valence-electron chi connectivity index (χ4n) is 2.34. The Morgan fingerprint density at radius 2 is 2.39 bits per heavy atom. The fourth-order valence-corrected chi connectivity index (χ4v) is 2.97. The van der Waals surface area contributed by atoms with Crippen molar-refractivity contribution in [2.24, 2.45) is 0 Å². The maximum absolute atomic E-state index is 11.7. The number of benzene rings is 1. The van der Waals surface area contributed by atoms with Crippen LogP contribution >= 0.6 is 15.9 Å². The molecule has 1 atom stereocenters.